The zero-order valence-electron chi connectivity index (χ0n) is 25.6. The Morgan fingerprint density at radius 1 is 0.595 bits per heavy atom. The number of benzene rings is 4. The van der Waals surface area contributed by atoms with E-state index in [4.69, 9.17) is 17.0 Å². The molecule has 214 valence electrons. The van der Waals surface area contributed by atoms with Crippen LogP contribution in [0.4, 0.5) is 0 Å². The van der Waals surface area contributed by atoms with E-state index in [0.717, 1.165) is 22.4 Å². The Balaban J connectivity index is 0.000000195. The fourth-order valence-electron chi connectivity index (χ4n) is 5.13. The summed E-state index contributed by atoms with van der Waals surface area (Å²) in [5.74, 6) is 0. The second-order valence-electron chi connectivity index (χ2n) is 10.4. The number of hydrogen-bond donors (Lipinski definition) is 0. The van der Waals surface area contributed by atoms with Gasteiger partial charge in [-0.2, -0.15) is 12.1 Å². The Labute approximate surface area is 274 Å². The summed E-state index contributed by atoms with van der Waals surface area (Å²) in [5, 5.41) is 5.46. The average molecular weight is 687 g/mol. The van der Waals surface area contributed by atoms with Crippen molar-refractivity contribution >= 4 is 48.1 Å². The second kappa shape index (κ2) is 17.8. The third-order valence-corrected chi connectivity index (χ3v) is 7.10. The van der Waals surface area contributed by atoms with Gasteiger partial charge in [0.05, 0.1) is 0 Å². The molecule has 0 aliphatic carbocycles. The molecule has 0 saturated heterocycles. The van der Waals surface area contributed by atoms with E-state index < -0.39 is 20.8 Å². The van der Waals surface area contributed by atoms with Gasteiger partial charge in [0, 0.05) is 9.52 Å². The van der Waals surface area contributed by atoms with Crippen LogP contribution in [0.3, 0.4) is 0 Å². The summed E-state index contributed by atoms with van der Waals surface area (Å²) in [7, 11) is 11.0. The van der Waals surface area contributed by atoms with Crippen molar-refractivity contribution in [2.75, 3.05) is 0 Å². The van der Waals surface area contributed by atoms with Crippen LogP contribution in [0.2, 0.25) is 13.1 Å². The summed E-state index contributed by atoms with van der Waals surface area (Å²) in [6.07, 6.45) is 2.20. The molecule has 42 heavy (non-hydrogen) atoms. The first kappa shape index (κ1) is 34.3. The fourth-order valence-corrected chi connectivity index (χ4v) is 5.13. The Morgan fingerprint density at radius 3 is 1.29 bits per heavy atom. The topological polar surface area (TPSA) is 0 Å². The van der Waals surface area contributed by atoms with Crippen molar-refractivity contribution in [2.24, 2.45) is 0 Å². The van der Waals surface area contributed by atoms with Crippen molar-refractivity contribution in [3.05, 3.63) is 131 Å². The molecule has 0 atom stereocenters. The van der Waals surface area contributed by atoms with Gasteiger partial charge < -0.3 is 0 Å². The monoisotopic (exact) mass is 684 g/mol. The van der Waals surface area contributed by atoms with Gasteiger partial charge in [0.1, 0.15) is 0 Å². The predicted octanol–water partition coefficient (Wildman–Crippen LogP) is 12.4. The van der Waals surface area contributed by atoms with Crippen LogP contribution in [0, 0.1) is 13.8 Å². The molecule has 6 aromatic rings. The van der Waals surface area contributed by atoms with Crippen molar-refractivity contribution in [1.82, 2.24) is 0 Å². The summed E-state index contributed by atoms with van der Waals surface area (Å²) in [4.78, 5) is 0. The SMILES string of the molecule is CCc1cc2c(-c3cccc(C)c3)cccc2[cH-]1.CCc1cc2c(-c3cccc(C)c3)cccc2[cH-]1.C[Si]C.[Cl][Zr+2][Cl]. The van der Waals surface area contributed by atoms with Crippen LogP contribution in [-0.4, -0.2) is 9.52 Å². The number of aryl methyl sites for hydroxylation is 4. The van der Waals surface area contributed by atoms with Gasteiger partial charge in [-0.3, -0.25) is 0 Å². The first-order chi connectivity index (χ1) is 20.4. The molecule has 6 aromatic carbocycles. The zero-order chi connectivity index (χ0) is 30.5. The number of halogens is 2. The van der Waals surface area contributed by atoms with Gasteiger partial charge in [-0.15, -0.1) is 69.1 Å². The molecular formula is C38H40Cl2SiZr. The molecule has 0 N–H and O–H groups in total. The van der Waals surface area contributed by atoms with Crippen LogP contribution in [0.1, 0.15) is 36.1 Å². The Kier molecular flexibility index (Phi) is 14.5. The van der Waals surface area contributed by atoms with Crippen molar-refractivity contribution in [3.63, 3.8) is 0 Å². The Hall–Kier alpha value is -2.22. The van der Waals surface area contributed by atoms with E-state index in [1.807, 2.05) is 0 Å². The van der Waals surface area contributed by atoms with Crippen LogP contribution < -0.4 is 0 Å². The number of hydrogen-bond acceptors (Lipinski definition) is 0. The van der Waals surface area contributed by atoms with Gasteiger partial charge in [0.15, 0.2) is 0 Å². The molecule has 0 unspecified atom stereocenters. The molecule has 0 saturated carbocycles. The summed E-state index contributed by atoms with van der Waals surface area (Å²) >= 11 is -0.826. The Morgan fingerprint density at radius 2 is 0.952 bits per heavy atom. The van der Waals surface area contributed by atoms with E-state index in [9.17, 15) is 0 Å². The number of rotatable bonds is 4. The number of fused-ring (bicyclic) bond motifs is 2. The van der Waals surface area contributed by atoms with Crippen molar-refractivity contribution in [2.45, 2.75) is 53.6 Å². The van der Waals surface area contributed by atoms with Gasteiger partial charge in [-0.25, -0.2) is 0 Å². The molecule has 0 amide bonds. The summed E-state index contributed by atoms with van der Waals surface area (Å²) in [5.41, 5.74) is 10.8. The molecule has 0 fully saturated rings. The van der Waals surface area contributed by atoms with Crippen LogP contribution in [0.15, 0.2) is 109 Å². The fraction of sp³-hybridized carbons (Fsp3) is 0.211. The van der Waals surface area contributed by atoms with Gasteiger partial charge in [-0.1, -0.05) is 110 Å². The van der Waals surface area contributed by atoms with E-state index in [0.29, 0.717) is 0 Å². The summed E-state index contributed by atoms with van der Waals surface area (Å²) in [6.45, 7) is 13.0. The van der Waals surface area contributed by atoms with Gasteiger partial charge in [0.2, 0.25) is 0 Å². The zero-order valence-corrected chi connectivity index (χ0v) is 30.5. The maximum atomic E-state index is 4.93. The van der Waals surface area contributed by atoms with E-state index >= 15 is 0 Å². The molecule has 0 spiro atoms. The van der Waals surface area contributed by atoms with E-state index in [1.54, 1.807) is 0 Å². The summed E-state index contributed by atoms with van der Waals surface area (Å²) < 4.78 is 0. The molecule has 4 heteroatoms. The second-order valence-corrected chi connectivity index (χ2v) is 15.1. The molecule has 0 aromatic heterocycles. The molecule has 0 nitrogen and oxygen atoms in total. The Bertz CT molecular complexity index is 1550. The standard InChI is InChI=1S/2C18H17.C2H6Si.2ClH.Zr/c2*1-3-14-11-16-8-5-9-17(18(16)12-14)15-7-4-6-13(2)10-15;1-3-2;;;/h2*4-12H,3H2,1-2H3;1-2H3;2*1H;/q2*-1;;;;+4/p-2. The quantitative estimate of drug-likeness (QED) is 0.128. The minimum absolute atomic E-state index is 0.826. The normalized spacial score (nSPS) is 10.1. The third-order valence-electron chi connectivity index (χ3n) is 7.10. The first-order valence-corrected chi connectivity index (χ1v) is 22.8. The maximum absolute atomic E-state index is 4.93. The molecular weight excluding hydrogens is 647 g/mol. The molecule has 2 radical (unpaired) electrons. The third kappa shape index (κ3) is 9.39. The van der Waals surface area contributed by atoms with Crippen LogP contribution in [0.5, 0.6) is 0 Å². The van der Waals surface area contributed by atoms with E-state index in [-0.39, 0.29) is 0 Å². The molecule has 0 aliphatic rings. The van der Waals surface area contributed by atoms with Crippen molar-refractivity contribution in [3.8, 4) is 22.3 Å². The predicted molar refractivity (Wildman–Crippen MR) is 187 cm³/mol. The van der Waals surface area contributed by atoms with Crippen LogP contribution >= 0.6 is 17.0 Å². The van der Waals surface area contributed by atoms with E-state index in [1.165, 1.54) is 66.1 Å². The summed E-state index contributed by atoms with van der Waals surface area (Å²) in [6, 6.07) is 39.9. The first-order valence-electron chi connectivity index (χ1n) is 14.4. The van der Waals surface area contributed by atoms with Crippen LogP contribution in [0.25, 0.3) is 43.8 Å². The molecule has 0 heterocycles. The average Bonchev–Trinajstić information content (AvgIpc) is 3.62. The molecule has 0 aliphatic heterocycles. The van der Waals surface area contributed by atoms with Gasteiger partial charge in [0.25, 0.3) is 0 Å². The molecule has 6 rings (SSSR count). The van der Waals surface area contributed by atoms with Gasteiger partial charge >= 0.3 is 37.9 Å². The van der Waals surface area contributed by atoms with E-state index in [2.05, 4.69) is 150 Å². The van der Waals surface area contributed by atoms with Crippen LogP contribution in [-0.2, 0) is 33.7 Å². The van der Waals surface area contributed by atoms with Crippen molar-refractivity contribution < 1.29 is 20.8 Å². The molecule has 0 bridgehead atoms. The van der Waals surface area contributed by atoms with Gasteiger partial charge in [-0.05, 0) is 37.8 Å². The minimum atomic E-state index is -0.826. The van der Waals surface area contributed by atoms with Crippen molar-refractivity contribution in [1.29, 1.82) is 0 Å².